The van der Waals surface area contributed by atoms with Gasteiger partial charge in [-0.3, -0.25) is 29.5 Å². The van der Waals surface area contributed by atoms with Crippen LogP contribution in [-0.2, 0) is 9.59 Å². The molecule has 1 saturated heterocycles. The summed E-state index contributed by atoms with van der Waals surface area (Å²) in [5, 5.41) is 13.1. The highest BCUT2D eigenvalue weighted by Gasteiger charge is 2.44. The van der Waals surface area contributed by atoms with Gasteiger partial charge in [-0.15, -0.1) is 0 Å². The van der Waals surface area contributed by atoms with Crippen molar-refractivity contribution in [3.8, 4) is 0 Å². The Morgan fingerprint density at radius 3 is 2.32 bits per heavy atom. The molecule has 4 amide bonds. The number of carbonyl (C=O) groups excluding carboxylic acids is 3. The number of rotatable bonds is 5. The van der Waals surface area contributed by atoms with Gasteiger partial charge in [-0.25, -0.2) is 9.18 Å². The van der Waals surface area contributed by atoms with Gasteiger partial charge in [-0.05, 0) is 43.3 Å². The number of amides is 4. The average molecular weight is 386 g/mol. The van der Waals surface area contributed by atoms with E-state index in [0.29, 0.717) is 5.69 Å². The molecule has 0 aromatic heterocycles. The first-order chi connectivity index (χ1) is 13.3. The summed E-state index contributed by atoms with van der Waals surface area (Å²) in [4.78, 5) is 49.3. The summed E-state index contributed by atoms with van der Waals surface area (Å²) in [5.74, 6) is -1.68. The number of imide groups is 1. The largest absolute Gasteiger partial charge is 0.332 e. The number of carbonyl (C=O) groups is 3. The Kier molecular flexibility index (Phi) is 5.03. The molecule has 144 valence electrons. The summed E-state index contributed by atoms with van der Waals surface area (Å²) in [6.45, 7) is 0.995. The Morgan fingerprint density at radius 1 is 1.14 bits per heavy atom. The summed E-state index contributed by atoms with van der Waals surface area (Å²) in [5.41, 5.74) is 0.496. The van der Waals surface area contributed by atoms with Crippen LogP contribution in [-0.4, -0.2) is 40.3 Å². The Balaban J connectivity index is 1.70. The normalized spacial score (nSPS) is 16.4. The zero-order valence-corrected chi connectivity index (χ0v) is 14.7. The van der Waals surface area contributed by atoms with E-state index in [1.54, 1.807) is 0 Å². The number of nitrogens with zero attached hydrogens (tertiary/aromatic N) is 3. The smallest absolute Gasteiger partial charge is 0.325 e. The molecule has 1 atom stereocenters. The maximum Gasteiger partial charge on any atom is 0.332 e. The molecule has 0 spiro atoms. The van der Waals surface area contributed by atoms with Gasteiger partial charge in [0.2, 0.25) is 5.91 Å². The van der Waals surface area contributed by atoms with E-state index in [0.717, 1.165) is 4.90 Å². The van der Waals surface area contributed by atoms with Crippen molar-refractivity contribution in [3.05, 3.63) is 64.5 Å². The number of hydrogen-bond acceptors (Lipinski definition) is 5. The van der Waals surface area contributed by atoms with Crippen LogP contribution in [0, 0.1) is 15.9 Å². The molecule has 10 heteroatoms. The van der Waals surface area contributed by atoms with Crippen molar-refractivity contribution in [2.75, 3.05) is 16.8 Å². The number of anilines is 2. The van der Waals surface area contributed by atoms with E-state index >= 15 is 0 Å². The van der Waals surface area contributed by atoms with Crippen molar-refractivity contribution < 1.29 is 23.7 Å². The highest BCUT2D eigenvalue weighted by molar-refractivity contribution is 6.16. The molecule has 28 heavy (non-hydrogen) atoms. The first kappa shape index (κ1) is 19.0. The molecule has 0 aliphatic carbocycles. The van der Waals surface area contributed by atoms with E-state index in [9.17, 15) is 28.9 Å². The lowest BCUT2D eigenvalue weighted by Gasteiger charge is -2.19. The molecule has 9 nitrogen and oxygen atoms in total. The van der Waals surface area contributed by atoms with Gasteiger partial charge in [0.25, 0.3) is 11.6 Å². The number of halogens is 1. The molecular formula is C18H15FN4O5. The maximum absolute atomic E-state index is 13.1. The fraction of sp³-hybridized carbons (Fsp3) is 0.167. The molecule has 1 N–H and O–H groups in total. The van der Waals surface area contributed by atoms with Crippen LogP contribution < -0.4 is 10.2 Å². The van der Waals surface area contributed by atoms with Gasteiger partial charge in [-0.2, -0.15) is 0 Å². The van der Waals surface area contributed by atoms with Gasteiger partial charge < -0.3 is 5.32 Å². The number of hydrogen-bond donors (Lipinski definition) is 1. The fourth-order valence-corrected chi connectivity index (χ4v) is 2.82. The minimum atomic E-state index is -0.842. The zero-order valence-electron chi connectivity index (χ0n) is 14.7. The average Bonchev–Trinajstić information content (AvgIpc) is 2.86. The minimum Gasteiger partial charge on any atom is -0.325 e. The molecule has 3 rings (SSSR count). The number of urea groups is 1. The fourth-order valence-electron chi connectivity index (χ4n) is 2.82. The Morgan fingerprint density at radius 2 is 1.75 bits per heavy atom. The quantitative estimate of drug-likeness (QED) is 0.482. The van der Waals surface area contributed by atoms with Crippen molar-refractivity contribution in [2.24, 2.45) is 0 Å². The molecule has 2 aromatic carbocycles. The van der Waals surface area contributed by atoms with Gasteiger partial charge >= 0.3 is 6.03 Å². The van der Waals surface area contributed by atoms with E-state index in [4.69, 9.17) is 0 Å². The van der Waals surface area contributed by atoms with E-state index in [-0.39, 0.29) is 11.4 Å². The molecule has 0 bridgehead atoms. The second-order valence-electron chi connectivity index (χ2n) is 6.08. The van der Waals surface area contributed by atoms with E-state index in [1.807, 2.05) is 0 Å². The molecular weight excluding hydrogens is 371 g/mol. The highest BCUT2D eigenvalue weighted by atomic mass is 19.1. The third kappa shape index (κ3) is 3.65. The summed E-state index contributed by atoms with van der Waals surface area (Å²) in [6.07, 6.45) is 0. The first-order valence-corrected chi connectivity index (χ1v) is 8.22. The predicted molar refractivity (Wildman–Crippen MR) is 97.2 cm³/mol. The number of non-ortho nitro benzene ring substituents is 1. The highest BCUT2D eigenvalue weighted by Crippen LogP contribution is 2.26. The van der Waals surface area contributed by atoms with Crippen molar-refractivity contribution in [2.45, 2.75) is 13.0 Å². The van der Waals surface area contributed by atoms with Crippen LogP contribution in [0.2, 0.25) is 0 Å². The third-order valence-electron chi connectivity index (χ3n) is 4.22. The molecule has 0 saturated carbocycles. The molecule has 1 aliphatic rings. The van der Waals surface area contributed by atoms with Crippen LogP contribution >= 0.6 is 0 Å². The molecule has 0 unspecified atom stereocenters. The minimum absolute atomic E-state index is 0.133. The van der Waals surface area contributed by atoms with Crippen LogP contribution in [0.15, 0.2) is 48.5 Å². The Hall–Kier alpha value is -3.82. The van der Waals surface area contributed by atoms with Crippen molar-refractivity contribution in [3.63, 3.8) is 0 Å². The van der Waals surface area contributed by atoms with Gasteiger partial charge in [0.1, 0.15) is 18.4 Å². The lowest BCUT2D eigenvalue weighted by Crippen LogP contribution is -2.39. The summed E-state index contributed by atoms with van der Waals surface area (Å²) < 4.78 is 13.1. The number of nitro benzene ring substituents is 1. The summed E-state index contributed by atoms with van der Waals surface area (Å²) in [6, 6.07) is 8.68. The second-order valence-corrected chi connectivity index (χ2v) is 6.08. The Labute approximate surface area is 158 Å². The molecule has 1 fully saturated rings. The SMILES string of the molecule is C[C@@H]1C(=O)N(CC(=O)Nc2ccc([N+](=O)[O-])cc2)C(=O)N1c1ccc(F)cc1. The van der Waals surface area contributed by atoms with Gasteiger partial charge in [0, 0.05) is 23.5 Å². The van der Waals surface area contributed by atoms with Crippen molar-refractivity contribution >= 4 is 34.9 Å². The molecule has 2 aromatic rings. The van der Waals surface area contributed by atoms with Gasteiger partial charge in [0.15, 0.2) is 0 Å². The third-order valence-corrected chi connectivity index (χ3v) is 4.22. The van der Waals surface area contributed by atoms with E-state index in [1.165, 1.54) is 60.4 Å². The molecule has 0 radical (unpaired) electrons. The lowest BCUT2D eigenvalue weighted by atomic mass is 10.2. The zero-order chi connectivity index (χ0) is 20.4. The topological polar surface area (TPSA) is 113 Å². The van der Waals surface area contributed by atoms with Crippen LogP contribution in [0.3, 0.4) is 0 Å². The van der Waals surface area contributed by atoms with Crippen LogP contribution in [0.4, 0.5) is 26.2 Å². The van der Waals surface area contributed by atoms with Crippen LogP contribution in [0.5, 0.6) is 0 Å². The van der Waals surface area contributed by atoms with Crippen molar-refractivity contribution in [1.29, 1.82) is 0 Å². The van der Waals surface area contributed by atoms with Crippen LogP contribution in [0.25, 0.3) is 0 Å². The second kappa shape index (κ2) is 7.43. The number of nitro groups is 1. The Bertz CT molecular complexity index is 945. The van der Waals surface area contributed by atoms with Gasteiger partial charge in [-0.1, -0.05) is 0 Å². The maximum atomic E-state index is 13.1. The molecule has 1 aliphatic heterocycles. The first-order valence-electron chi connectivity index (χ1n) is 8.22. The van der Waals surface area contributed by atoms with Crippen LogP contribution in [0.1, 0.15) is 6.92 Å². The monoisotopic (exact) mass is 386 g/mol. The summed E-state index contributed by atoms with van der Waals surface area (Å²) >= 11 is 0. The van der Waals surface area contributed by atoms with Crippen molar-refractivity contribution in [1.82, 2.24) is 4.90 Å². The predicted octanol–water partition coefficient (Wildman–Crippen LogP) is 2.53. The standard InChI is InChI=1S/C18H15FN4O5/c1-11-17(25)21(18(26)22(11)14-6-2-12(19)3-7-14)10-16(24)20-13-4-8-15(9-5-13)23(27)28/h2-9,11H,10H2,1H3,(H,20,24)/t11-/m1/s1. The number of benzene rings is 2. The van der Waals surface area contributed by atoms with Gasteiger partial charge in [0.05, 0.1) is 4.92 Å². The van der Waals surface area contributed by atoms with E-state index in [2.05, 4.69) is 5.32 Å². The van der Waals surface area contributed by atoms with E-state index < -0.39 is 41.2 Å². The number of nitrogens with one attached hydrogen (secondary N) is 1. The lowest BCUT2D eigenvalue weighted by molar-refractivity contribution is -0.384. The molecule has 1 heterocycles. The summed E-state index contributed by atoms with van der Waals surface area (Å²) in [7, 11) is 0.